The maximum absolute atomic E-state index is 13.2. The summed E-state index contributed by atoms with van der Waals surface area (Å²) in [6.45, 7) is 3.61. The number of benzene rings is 2. The van der Waals surface area contributed by atoms with Crippen molar-refractivity contribution < 1.29 is 18.2 Å². The van der Waals surface area contributed by atoms with Crippen LogP contribution in [0.25, 0.3) is 22.5 Å². The average Bonchev–Trinajstić information content (AvgIpc) is 3.63. The number of rotatable bonds is 9. The molecular formula is C28H30FN5O3. The molecule has 9 heteroatoms. The summed E-state index contributed by atoms with van der Waals surface area (Å²) in [6, 6.07) is 15.7. The lowest BCUT2D eigenvalue weighted by atomic mass is 9.91. The van der Waals surface area contributed by atoms with Crippen LogP contribution in [-0.2, 0) is 6.42 Å². The highest BCUT2D eigenvalue weighted by Gasteiger charge is 2.20. The molecule has 1 saturated heterocycles. The molecule has 3 heterocycles. The summed E-state index contributed by atoms with van der Waals surface area (Å²) in [6.07, 6.45) is 7.20. The number of nitrogens with one attached hydrogen (secondary N) is 2. The summed E-state index contributed by atoms with van der Waals surface area (Å²) in [5.74, 6) is 0.384. The fourth-order valence-electron chi connectivity index (χ4n) is 4.87. The van der Waals surface area contributed by atoms with Crippen LogP contribution in [0.5, 0.6) is 0 Å². The van der Waals surface area contributed by atoms with Gasteiger partial charge in [0.05, 0.1) is 0 Å². The van der Waals surface area contributed by atoms with Gasteiger partial charge in [-0.05, 0) is 80.6 Å². The van der Waals surface area contributed by atoms with E-state index in [0.29, 0.717) is 29.5 Å². The van der Waals surface area contributed by atoms with Gasteiger partial charge >= 0.3 is 6.03 Å². The molecular weight excluding hydrogens is 473 g/mol. The van der Waals surface area contributed by atoms with Crippen LogP contribution in [0.4, 0.5) is 14.9 Å². The van der Waals surface area contributed by atoms with Crippen molar-refractivity contribution >= 4 is 11.7 Å². The summed E-state index contributed by atoms with van der Waals surface area (Å²) in [5.41, 5.74) is 4.72. The number of hydrogen-bond donors (Lipinski definition) is 2. The maximum Gasteiger partial charge on any atom is 0.319 e. The Morgan fingerprint density at radius 1 is 1.00 bits per heavy atom. The fourth-order valence-corrected chi connectivity index (χ4v) is 4.87. The SMILES string of the molecule is O=C(NCCCN1CCCC(Cc2ccc(F)cc2)C1)Nc1cc(-c2ccon2)cc(-c2ccon2)c1. The number of aromatic nitrogens is 2. The average molecular weight is 504 g/mol. The lowest BCUT2D eigenvalue weighted by Gasteiger charge is -2.32. The first-order valence-corrected chi connectivity index (χ1v) is 12.6. The molecule has 1 atom stereocenters. The van der Waals surface area contributed by atoms with Gasteiger partial charge in [0.1, 0.15) is 29.7 Å². The molecule has 2 N–H and O–H groups in total. The Balaban J connectivity index is 1.10. The van der Waals surface area contributed by atoms with Gasteiger partial charge in [0.2, 0.25) is 0 Å². The number of carbonyl (C=O) groups excluding carboxylic acids is 1. The first-order valence-electron chi connectivity index (χ1n) is 12.6. The molecule has 1 aliphatic rings. The number of halogens is 1. The van der Waals surface area contributed by atoms with E-state index in [-0.39, 0.29) is 11.8 Å². The van der Waals surface area contributed by atoms with Crippen molar-refractivity contribution in [2.24, 2.45) is 5.92 Å². The third-order valence-corrected chi connectivity index (χ3v) is 6.64. The molecule has 0 aliphatic carbocycles. The first-order chi connectivity index (χ1) is 18.1. The molecule has 1 aliphatic heterocycles. The van der Waals surface area contributed by atoms with Crippen molar-refractivity contribution in [1.29, 1.82) is 0 Å². The van der Waals surface area contributed by atoms with Gasteiger partial charge in [-0.25, -0.2) is 9.18 Å². The van der Waals surface area contributed by atoms with E-state index in [4.69, 9.17) is 9.05 Å². The van der Waals surface area contributed by atoms with Crippen molar-refractivity contribution in [1.82, 2.24) is 20.5 Å². The number of amides is 2. The molecule has 0 spiro atoms. The van der Waals surface area contributed by atoms with Crippen molar-refractivity contribution in [3.05, 3.63) is 78.5 Å². The van der Waals surface area contributed by atoms with Gasteiger partial charge in [-0.1, -0.05) is 22.4 Å². The Hall–Kier alpha value is -3.98. The predicted molar refractivity (Wildman–Crippen MR) is 138 cm³/mol. The van der Waals surface area contributed by atoms with Crippen LogP contribution >= 0.6 is 0 Å². The highest BCUT2D eigenvalue weighted by molar-refractivity contribution is 5.91. The summed E-state index contributed by atoms with van der Waals surface area (Å²) >= 11 is 0. The zero-order chi connectivity index (χ0) is 25.5. The number of hydrogen-bond acceptors (Lipinski definition) is 6. The number of urea groups is 1. The zero-order valence-corrected chi connectivity index (χ0v) is 20.5. The number of likely N-dealkylation sites (tertiary alicyclic amines) is 1. The largest absolute Gasteiger partial charge is 0.364 e. The maximum atomic E-state index is 13.2. The standard InChI is InChI=1S/C28H30FN5O3/c29-24-6-4-20(5-7-24)15-21-3-1-11-34(19-21)12-2-10-30-28(35)31-25-17-22(26-8-13-36-32-26)16-23(18-25)27-9-14-37-33-27/h4-9,13-14,16-18,21H,1-3,10-12,15,19H2,(H2,30,31,35). The monoisotopic (exact) mass is 503 g/mol. The van der Waals surface area contributed by atoms with Crippen LogP contribution in [0.15, 0.2) is 76.2 Å². The van der Waals surface area contributed by atoms with E-state index in [0.717, 1.165) is 50.0 Å². The highest BCUT2D eigenvalue weighted by Crippen LogP contribution is 2.29. The van der Waals surface area contributed by atoms with Gasteiger partial charge in [0.15, 0.2) is 0 Å². The molecule has 2 aromatic heterocycles. The molecule has 4 aromatic rings. The first kappa shape index (κ1) is 24.7. The highest BCUT2D eigenvalue weighted by atomic mass is 19.1. The Morgan fingerprint density at radius 2 is 1.70 bits per heavy atom. The molecule has 5 rings (SSSR count). The topological polar surface area (TPSA) is 96.4 Å². The predicted octanol–water partition coefficient (Wildman–Crippen LogP) is 5.60. The lowest BCUT2D eigenvalue weighted by Crippen LogP contribution is -2.38. The third kappa shape index (κ3) is 6.83. The molecule has 192 valence electrons. The minimum Gasteiger partial charge on any atom is -0.364 e. The van der Waals surface area contributed by atoms with Gasteiger partial charge in [-0.2, -0.15) is 0 Å². The van der Waals surface area contributed by atoms with E-state index < -0.39 is 0 Å². The Morgan fingerprint density at radius 3 is 2.35 bits per heavy atom. The van der Waals surface area contributed by atoms with Crippen molar-refractivity contribution in [2.75, 3.05) is 31.5 Å². The Labute approximate surface area is 214 Å². The van der Waals surface area contributed by atoms with Crippen LogP contribution in [0.2, 0.25) is 0 Å². The second-order valence-corrected chi connectivity index (χ2v) is 9.44. The molecule has 1 fully saturated rings. The van der Waals surface area contributed by atoms with Gasteiger partial charge in [-0.3, -0.25) is 0 Å². The van der Waals surface area contributed by atoms with E-state index in [1.807, 2.05) is 30.3 Å². The van der Waals surface area contributed by atoms with E-state index in [9.17, 15) is 9.18 Å². The quantitative estimate of drug-likeness (QED) is 0.289. The fraction of sp³-hybridized carbons (Fsp3) is 0.321. The van der Waals surface area contributed by atoms with Gasteiger partial charge in [0.25, 0.3) is 0 Å². The Kier molecular flexibility index (Phi) is 7.90. The van der Waals surface area contributed by atoms with Gasteiger partial charge in [0, 0.05) is 42.0 Å². The molecule has 0 bridgehead atoms. The molecule has 2 amide bonds. The second-order valence-electron chi connectivity index (χ2n) is 9.44. The van der Waals surface area contributed by atoms with Crippen molar-refractivity contribution in [3.63, 3.8) is 0 Å². The Bertz CT molecular complexity index is 1220. The molecule has 37 heavy (non-hydrogen) atoms. The second kappa shape index (κ2) is 11.8. The molecule has 0 radical (unpaired) electrons. The van der Waals surface area contributed by atoms with E-state index in [1.165, 1.54) is 36.6 Å². The number of piperidine rings is 1. The summed E-state index contributed by atoms with van der Waals surface area (Å²) in [5, 5.41) is 13.9. The normalized spacial score (nSPS) is 16.0. The molecule has 1 unspecified atom stereocenters. The van der Waals surface area contributed by atoms with Crippen LogP contribution in [0, 0.1) is 11.7 Å². The number of anilines is 1. The molecule has 8 nitrogen and oxygen atoms in total. The molecule has 0 saturated carbocycles. The smallest absolute Gasteiger partial charge is 0.319 e. The third-order valence-electron chi connectivity index (χ3n) is 6.64. The minimum atomic E-state index is -0.267. The summed E-state index contributed by atoms with van der Waals surface area (Å²) < 4.78 is 23.1. The van der Waals surface area contributed by atoms with Gasteiger partial charge < -0.3 is 24.6 Å². The van der Waals surface area contributed by atoms with Crippen molar-refractivity contribution in [2.45, 2.75) is 25.7 Å². The van der Waals surface area contributed by atoms with E-state index in [2.05, 4.69) is 25.8 Å². The van der Waals surface area contributed by atoms with Crippen LogP contribution in [0.3, 0.4) is 0 Å². The van der Waals surface area contributed by atoms with E-state index >= 15 is 0 Å². The summed E-state index contributed by atoms with van der Waals surface area (Å²) in [7, 11) is 0. The molecule has 2 aromatic carbocycles. The number of nitrogens with zero attached hydrogens (tertiary/aromatic N) is 3. The zero-order valence-electron chi connectivity index (χ0n) is 20.5. The van der Waals surface area contributed by atoms with Gasteiger partial charge in [-0.15, -0.1) is 0 Å². The van der Waals surface area contributed by atoms with Crippen LogP contribution in [-0.4, -0.2) is 47.4 Å². The van der Waals surface area contributed by atoms with E-state index in [1.54, 1.807) is 12.1 Å². The van der Waals surface area contributed by atoms with Crippen LogP contribution in [0.1, 0.15) is 24.8 Å². The minimum absolute atomic E-state index is 0.191. The number of carbonyl (C=O) groups is 1. The van der Waals surface area contributed by atoms with Crippen molar-refractivity contribution in [3.8, 4) is 22.5 Å². The lowest BCUT2D eigenvalue weighted by molar-refractivity contribution is 0.172. The summed E-state index contributed by atoms with van der Waals surface area (Å²) in [4.78, 5) is 15.1. The van der Waals surface area contributed by atoms with Crippen LogP contribution < -0.4 is 10.6 Å².